The van der Waals surface area contributed by atoms with Gasteiger partial charge in [0.25, 0.3) is 0 Å². The van der Waals surface area contributed by atoms with Crippen LogP contribution in [0.2, 0.25) is 0 Å². The van der Waals surface area contributed by atoms with Crippen molar-refractivity contribution in [3.05, 3.63) is 52.3 Å². The molecule has 0 spiro atoms. The van der Waals surface area contributed by atoms with Gasteiger partial charge >= 0.3 is 0 Å². The van der Waals surface area contributed by atoms with Crippen molar-refractivity contribution in [3.63, 3.8) is 0 Å². The van der Waals surface area contributed by atoms with Crippen LogP contribution < -0.4 is 5.73 Å². The lowest BCUT2D eigenvalue weighted by molar-refractivity contribution is 0.623. The molecule has 0 fully saturated rings. The minimum absolute atomic E-state index is 0.211. The fourth-order valence-electron chi connectivity index (χ4n) is 1.50. The van der Waals surface area contributed by atoms with Gasteiger partial charge in [-0.15, -0.1) is 0 Å². The summed E-state index contributed by atoms with van der Waals surface area (Å²) in [6.07, 6.45) is 4.00. The van der Waals surface area contributed by atoms with Gasteiger partial charge in [-0.05, 0) is 24.1 Å². The first-order valence-electron chi connectivity index (χ1n) is 4.85. The Labute approximate surface area is 101 Å². The van der Waals surface area contributed by atoms with Crippen LogP contribution in [0.15, 0.2) is 35.1 Å². The summed E-state index contributed by atoms with van der Waals surface area (Å²) in [4.78, 5) is 7.05. The van der Waals surface area contributed by atoms with E-state index in [4.69, 9.17) is 5.73 Å². The molecule has 3 N–H and O–H groups in total. The van der Waals surface area contributed by atoms with Crippen molar-refractivity contribution in [3.8, 4) is 0 Å². The Morgan fingerprint density at radius 2 is 2.31 bits per heavy atom. The van der Waals surface area contributed by atoms with Crippen LogP contribution in [0.1, 0.15) is 17.4 Å². The van der Waals surface area contributed by atoms with Gasteiger partial charge in [0.1, 0.15) is 11.6 Å². The quantitative estimate of drug-likeness (QED) is 0.910. The lowest BCUT2D eigenvalue weighted by atomic mass is 10.1. The van der Waals surface area contributed by atoms with Crippen molar-refractivity contribution >= 4 is 15.9 Å². The standard InChI is InChI=1S/C11H11BrFN3/c12-9-6-8(13)2-1-7(9)5-10(14)11-15-3-4-16-11/h1-4,6,10H,5,14H2,(H,15,16). The van der Waals surface area contributed by atoms with Crippen LogP contribution in [0.4, 0.5) is 4.39 Å². The maximum absolute atomic E-state index is 12.9. The van der Waals surface area contributed by atoms with E-state index < -0.39 is 0 Å². The highest BCUT2D eigenvalue weighted by Gasteiger charge is 2.11. The first-order chi connectivity index (χ1) is 7.66. The number of hydrogen-bond acceptors (Lipinski definition) is 2. The Kier molecular flexibility index (Phi) is 3.36. The van der Waals surface area contributed by atoms with Crippen molar-refractivity contribution in [1.82, 2.24) is 9.97 Å². The molecule has 5 heteroatoms. The highest BCUT2D eigenvalue weighted by Crippen LogP contribution is 2.22. The van der Waals surface area contributed by atoms with Gasteiger partial charge in [-0.1, -0.05) is 22.0 Å². The summed E-state index contributed by atoms with van der Waals surface area (Å²) in [6, 6.07) is 4.37. The van der Waals surface area contributed by atoms with Crippen LogP contribution in [0, 0.1) is 5.82 Å². The predicted molar refractivity (Wildman–Crippen MR) is 63.3 cm³/mol. The summed E-state index contributed by atoms with van der Waals surface area (Å²) >= 11 is 3.31. The van der Waals surface area contributed by atoms with Gasteiger partial charge in [-0.3, -0.25) is 0 Å². The van der Waals surface area contributed by atoms with E-state index in [1.54, 1.807) is 18.5 Å². The van der Waals surface area contributed by atoms with Crippen molar-refractivity contribution in [2.75, 3.05) is 0 Å². The number of nitrogens with two attached hydrogens (primary N) is 1. The minimum Gasteiger partial charge on any atom is -0.347 e. The number of H-pyrrole nitrogens is 1. The second-order valence-corrected chi connectivity index (χ2v) is 4.38. The summed E-state index contributed by atoms with van der Waals surface area (Å²) in [5.41, 5.74) is 6.93. The molecule has 1 atom stereocenters. The third kappa shape index (κ3) is 2.48. The second-order valence-electron chi connectivity index (χ2n) is 3.52. The molecule has 1 aromatic heterocycles. The maximum Gasteiger partial charge on any atom is 0.124 e. The molecule has 0 aliphatic rings. The molecular formula is C11H11BrFN3. The Morgan fingerprint density at radius 3 is 2.94 bits per heavy atom. The van der Waals surface area contributed by atoms with Gasteiger partial charge in [0.2, 0.25) is 0 Å². The van der Waals surface area contributed by atoms with E-state index in [1.807, 2.05) is 0 Å². The van der Waals surface area contributed by atoms with Crippen molar-refractivity contribution in [2.24, 2.45) is 5.73 Å². The molecule has 1 heterocycles. The number of halogens is 2. The second kappa shape index (κ2) is 4.76. The van der Waals surface area contributed by atoms with E-state index >= 15 is 0 Å². The van der Waals surface area contributed by atoms with E-state index in [1.165, 1.54) is 12.1 Å². The molecule has 0 saturated heterocycles. The molecular weight excluding hydrogens is 273 g/mol. The fraction of sp³-hybridized carbons (Fsp3) is 0.182. The Morgan fingerprint density at radius 1 is 1.50 bits per heavy atom. The van der Waals surface area contributed by atoms with Crippen molar-refractivity contribution in [1.29, 1.82) is 0 Å². The van der Waals surface area contributed by atoms with Gasteiger partial charge < -0.3 is 10.7 Å². The molecule has 3 nitrogen and oxygen atoms in total. The molecule has 0 aliphatic carbocycles. The first-order valence-corrected chi connectivity index (χ1v) is 5.65. The molecule has 2 aromatic rings. The number of aromatic amines is 1. The number of rotatable bonds is 3. The fourth-order valence-corrected chi connectivity index (χ4v) is 2.01. The molecule has 0 aliphatic heterocycles. The highest BCUT2D eigenvalue weighted by atomic mass is 79.9. The molecule has 16 heavy (non-hydrogen) atoms. The molecule has 0 amide bonds. The maximum atomic E-state index is 12.9. The zero-order valence-electron chi connectivity index (χ0n) is 8.45. The third-order valence-electron chi connectivity index (χ3n) is 2.33. The first kappa shape index (κ1) is 11.3. The van der Waals surface area contributed by atoms with E-state index in [9.17, 15) is 4.39 Å². The third-order valence-corrected chi connectivity index (χ3v) is 3.06. The van der Waals surface area contributed by atoms with Crippen molar-refractivity contribution < 1.29 is 4.39 Å². The van der Waals surface area contributed by atoms with Crippen LogP contribution in [0.5, 0.6) is 0 Å². The number of hydrogen-bond donors (Lipinski definition) is 2. The molecule has 2 rings (SSSR count). The molecule has 0 bridgehead atoms. The highest BCUT2D eigenvalue weighted by molar-refractivity contribution is 9.10. The van der Waals surface area contributed by atoms with Crippen LogP contribution in [-0.4, -0.2) is 9.97 Å². The van der Waals surface area contributed by atoms with E-state index in [-0.39, 0.29) is 11.9 Å². The lowest BCUT2D eigenvalue weighted by Crippen LogP contribution is -2.15. The van der Waals surface area contributed by atoms with Gasteiger partial charge in [0.05, 0.1) is 6.04 Å². The number of nitrogens with one attached hydrogen (secondary N) is 1. The molecule has 0 radical (unpaired) electrons. The summed E-state index contributed by atoms with van der Waals surface area (Å²) in [5, 5.41) is 0. The SMILES string of the molecule is NC(Cc1ccc(F)cc1Br)c1ncc[nH]1. The van der Waals surface area contributed by atoms with E-state index in [0.29, 0.717) is 6.42 Å². The number of aromatic nitrogens is 2. The van der Waals surface area contributed by atoms with Crippen LogP contribution in [-0.2, 0) is 6.42 Å². The zero-order chi connectivity index (χ0) is 11.5. The van der Waals surface area contributed by atoms with Crippen LogP contribution in [0.3, 0.4) is 0 Å². The van der Waals surface area contributed by atoms with E-state index in [0.717, 1.165) is 15.9 Å². The largest absolute Gasteiger partial charge is 0.347 e. The Bertz CT molecular complexity index is 470. The molecule has 1 unspecified atom stereocenters. The van der Waals surface area contributed by atoms with Gasteiger partial charge in [-0.25, -0.2) is 9.37 Å². The molecule has 0 saturated carbocycles. The summed E-state index contributed by atoms with van der Waals surface area (Å²) < 4.78 is 13.6. The minimum atomic E-state index is -0.262. The molecule has 1 aromatic carbocycles. The summed E-state index contributed by atoms with van der Waals surface area (Å²) in [6.45, 7) is 0. The average molecular weight is 284 g/mol. The van der Waals surface area contributed by atoms with Crippen LogP contribution in [0.25, 0.3) is 0 Å². The Balaban J connectivity index is 2.15. The number of benzene rings is 1. The number of nitrogens with zero attached hydrogens (tertiary/aromatic N) is 1. The van der Waals surface area contributed by atoms with Crippen LogP contribution >= 0.6 is 15.9 Å². The van der Waals surface area contributed by atoms with Gasteiger partial charge in [-0.2, -0.15) is 0 Å². The van der Waals surface area contributed by atoms with Gasteiger partial charge in [0.15, 0.2) is 0 Å². The van der Waals surface area contributed by atoms with E-state index in [2.05, 4.69) is 25.9 Å². The average Bonchev–Trinajstić information content (AvgIpc) is 2.75. The van der Waals surface area contributed by atoms with Crippen molar-refractivity contribution in [2.45, 2.75) is 12.5 Å². The summed E-state index contributed by atoms with van der Waals surface area (Å²) in [7, 11) is 0. The monoisotopic (exact) mass is 283 g/mol. The zero-order valence-corrected chi connectivity index (χ0v) is 10.0. The van der Waals surface area contributed by atoms with Gasteiger partial charge in [0, 0.05) is 16.9 Å². The lowest BCUT2D eigenvalue weighted by Gasteiger charge is -2.10. The summed E-state index contributed by atoms with van der Waals surface area (Å²) in [5.74, 6) is 0.471. The normalized spacial score (nSPS) is 12.7. The Hall–Kier alpha value is -1.20. The number of imidazole rings is 1. The molecule has 84 valence electrons. The smallest absolute Gasteiger partial charge is 0.124 e. The predicted octanol–water partition coefficient (Wildman–Crippen LogP) is 2.55. The topological polar surface area (TPSA) is 54.7 Å².